The minimum absolute atomic E-state index is 0.257. The van der Waals surface area contributed by atoms with Crippen LogP contribution < -0.4 is 0 Å². The van der Waals surface area contributed by atoms with Gasteiger partial charge in [-0.15, -0.1) is 34.0 Å². The first kappa shape index (κ1) is 42.7. The lowest BCUT2D eigenvalue weighted by Crippen LogP contribution is -1.99. The van der Waals surface area contributed by atoms with E-state index in [1.165, 1.54) is 139 Å². The SMILES string of the molecule is CCCCCCc1cc(-c2sc(-c3sc(-c4ccc5c6ccccc6n(CC)c5c4)cc3CCCCCC)cc2CCCCCC)sc1C#Cc1ccccc1C(=O)O. The molecule has 6 heteroatoms. The molecule has 0 aliphatic heterocycles. The van der Waals surface area contributed by atoms with E-state index in [0.29, 0.717) is 5.56 Å². The van der Waals surface area contributed by atoms with Crippen molar-refractivity contribution in [2.75, 3.05) is 0 Å². The largest absolute Gasteiger partial charge is 0.478 e. The maximum atomic E-state index is 12.0. The van der Waals surface area contributed by atoms with Crippen LogP contribution in [0, 0.1) is 11.8 Å². The lowest BCUT2D eigenvalue weighted by molar-refractivity contribution is 0.0696. The summed E-state index contributed by atoms with van der Waals surface area (Å²) in [5.74, 6) is 5.81. The van der Waals surface area contributed by atoms with Crippen molar-refractivity contribution in [1.29, 1.82) is 0 Å². The Bertz CT molecular complexity index is 2570. The van der Waals surface area contributed by atoms with Gasteiger partial charge in [-0.25, -0.2) is 4.79 Å². The van der Waals surface area contributed by atoms with E-state index in [-0.39, 0.29) is 5.56 Å². The number of thiophene rings is 3. The lowest BCUT2D eigenvalue weighted by atomic mass is 10.0. The number of benzene rings is 3. The molecule has 0 saturated heterocycles. The lowest BCUT2D eigenvalue weighted by Gasteiger charge is -2.04. The summed E-state index contributed by atoms with van der Waals surface area (Å²) in [5.41, 5.74) is 8.97. The average Bonchev–Trinajstić information content (AvgIpc) is 4.05. The number of nitrogens with zero attached hydrogens (tertiary/aromatic N) is 1. The van der Waals surface area contributed by atoms with Gasteiger partial charge in [-0.3, -0.25) is 0 Å². The average molecular weight is 838 g/mol. The number of aromatic nitrogens is 1. The molecule has 7 rings (SSSR count). The summed E-state index contributed by atoms with van der Waals surface area (Å²) in [4.78, 5) is 19.9. The van der Waals surface area contributed by atoms with Gasteiger partial charge in [0.25, 0.3) is 0 Å². The molecular formula is C53H59NO2S3. The van der Waals surface area contributed by atoms with Crippen molar-refractivity contribution in [1.82, 2.24) is 4.57 Å². The number of fused-ring (bicyclic) bond motifs is 3. The van der Waals surface area contributed by atoms with Crippen molar-refractivity contribution in [2.24, 2.45) is 0 Å². The maximum absolute atomic E-state index is 12.0. The first-order valence-electron chi connectivity index (χ1n) is 22.2. The quantitative estimate of drug-likeness (QED) is 0.0614. The number of hydrogen-bond acceptors (Lipinski definition) is 4. The number of para-hydroxylation sites is 1. The molecule has 0 spiro atoms. The number of aryl methyl sites for hydroxylation is 4. The Morgan fingerprint density at radius 3 is 1.78 bits per heavy atom. The summed E-state index contributed by atoms with van der Waals surface area (Å²) in [6.45, 7) is 10.0. The molecule has 306 valence electrons. The molecule has 0 amide bonds. The third-order valence-corrected chi connectivity index (χ3v) is 15.5. The molecular weight excluding hydrogens is 779 g/mol. The zero-order valence-corrected chi connectivity index (χ0v) is 37.9. The van der Waals surface area contributed by atoms with Crippen molar-refractivity contribution in [3.05, 3.63) is 118 Å². The minimum atomic E-state index is -0.938. The monoisotopic (exact) mass is 837 g/mol. The summed E-state index contributed by atoms with van der Waals surface area (Å²) >= 11 is 5.75. The van der Waals surface area contributed by atoms with Gasteiger partial charge in [-0.05, 0) is 110 Å². The van der Waals surface area contributed by atoms with Crippen molar-refractivity contribution in [3.63, 3.8) is 0 Å². The van der Waals surface area contributed by atoms with Crippen LogP contribution in [0.15, 0.2) is 84.9 Å². The van der Waals surface area contributed by atoms with Crippen LogP contribution in [-0.2, 0) is 25.8 Å². The highest BCUT2D eigenvalue weighted by Crippen LogP contribution is 2.48. The fourth-order valence-electron chi connectivity index (χ4n) is 8.40. The van der Waals surface area contributed by atoms with Crippen LogP contribution in [0.25, 0.3) is 51.8 Å². The van der Waals surface area contributed by atoms with Crippen molar-refractivity contribution < 1.29 is 9.90 Å². The number of rotatable bonds is 20. The van der Waals surface area contributed by atoms with Gasteiger partial charge < -0.3 is 9.67 Å². The summed E-state index contributed by atoms with van der Waals surface area (Å²) in [5, 5.41) is 12.5. The molecule has 0 radical (unpaired) electrons. The number of carboxylic acid groups (broad SMARTS) is 1. The Morgan fingerprint density at radius 2 is 1.12 bits per heavy atom. The Labute approximate surface area is 364 Å². The topological polar surface area (TPSA) is 42.2 Å². The van der Waals surface area contributed by atoms with Crippen molar-refractivity contribution >= 4 is 61.8 Å². The van der Waals surface area contributed by atoms with E-state index in [0.717, 1.165) is 37.1 Å². The van der Waals surface area contributed by atoms with Crippen LogP contribution in [0.5, 0.6) is 0 Å². The normalized spacial score (nSPS) is 11.5. The van der Waals surface area contributed by atoms with E-state index >= 15 is 0 Å². The highest BCUT2D eigenvalue weighted by molar-refractivity contribution is 7.27. The molecule has 0 unspecified atom stereocenters. The number of aromatic carboxylic acids is 1. The predicted octanol–water partition coefficient (Wildman–Crippen LogP) is 16.5. The molecule has 0 fully saturated rings. The van der Waals surface area contributed by atoms with Gasteiger partial charge >= 0.3 is 5.97 Å². The molecule has 0 aliphatic rings. The molecule has 59 heavy (non-hydrogen) atoms. The zero-order chi connectivity index (χ0) is 41.1. The first-order chi connectivity index (χ1) is 28.9. The van der Waals surface area contributed by atoms with E-state index in [1.807, 2.05) is 34.8 Å². The third-order valence-electron chi connectivity index (χ3n) is 11.6. The predicted molar refractivity (Wildman–Crippen MR) is 258 cm³/mol. The first-order valence-corrected chi connectivity index (χ1v) is 24.6. The molecule has 1 N–H and O–H groups in total. The Balaban J connectivity index is 1.31. The number of hydrogen-bond donors (Lipinski definition) is 1. The van der Waals surface area contributed by atoms with Crippen molar-refractivity contribution in [2.45, 2.75) is 131 Å². The van der Waals surface area contributed by atoms with E-state index in [2.05, 4.69) is 105 Å². The number of carboxylic acids is 1. The van der Waals surface area contributed by atoms with E-state index < -0.39 is 5.97 Å². The highest BCUT2D eigenvalue weighted by Gasteiger charge is 2.21. The second-order valence-corrected chi connectivity index (χ2v) is 19.1. The molecule has 0 aliphatic carbocycles. The Kier molecular flexibility index (Phi) is 15.0. The smallest absolute Gasteiger partial charge is 0.336 e. The number of carbonyl (C=O) groups is 1. The summed E-state index contributed by atoms with van der Waals surface area (Å²) in [6, 6.07) is 30.5. The van der Waals surface area contributed by atoms with Gasteiger partial charge in [0.2, 0.25) is 0 Å². The third kappa shape index (κ3) is 9.97. The van der Waals surface area contributed by atoms with Crippen LogP contribution in [0.2, 0.25) is 0 Å². The molecule has 3 nitrogen and oxygen atoms in total. The summed E-state index contributed by atoms with van der Waals surface area (Å²) < 4.78 is 2.47. The van der Waals surface area contributed by atoms with Crippen LogP contribution in [0.4, 0.5) is 0 Å². The molecule has 0 atom stereocenters. The van der Waals surface area contributed by atoms with Gasteiger partial charge in [0, 0.05) is 58.3 Å². The molecule has 3 aromatic carbocycles. The minimum Gasteiger partial charge on any atom is -0.478 e. The molecule has 4 aromatic heterocycles. The van der Waals surface area contributed by atoms with E-state index in [9.17, 15) is 9.90 Å². The number of unbranched alkanes of at least 4 members (excludes halogenated alkanes) is 9. The zero-order valence-electron chi connectivity index (χ0n) is 35.4. The van der Waals surface area contributed by atoms with Crippen LogP contribution in [0.1, 0.15) is 142 Å². The van der Waals surface area contributed by atoms with Crippen LogP contribution in [-0.4, -0.2) is 15.6 Å². The second-order valence-electron chi connectivity index (χ2n) is 15.9. The van der Waals surface area contributed by atoms with Gasteiger partial charge in [0.1, 0.15) is 0 Å². The standard InChI is InChI=1S/C53H59NO2S3/c1-5-9-12-15-23-38-34-49(57-47(38)32-30-37-22-18-19-26-42(37)53(55)56)51-41(25-17-14-11-7-3)36-50(59-51)52-40(24-16-13-10-6-2)35-48(58-52)39-29-31-44-43-27-20-21-28-45(43)54(8-4)46(44)33-39/h18-22,26-29,31,33-36H,5-17,23-25H2,1-4H3,(H,55,56). The van der Waals surface area contributed by atoms with Gasteiger partial charge in [-0.2, -0.15) is 0 Å². The molecule has 0 bridgehead atoms. The van der Waals surface area contributed by atoms with Crippen LogP contribution >= 0.6 is 34.0 Å². The second kappa shape index (κ2) is 20.7. The fraction of sp³-hybridized carbons (Fsp3) is 0.377. The van der Waals surface area contributed by atoms with E-state index in [1.54, 1.807) is 23.5 Å². The van der Waals surface area contributed by atoms with Gasteiger partial charge in [-0.1, -0.05) is 133 Å². The van der Waals surface area contributed by atoms with Gasteiger partial charge in [0.15, 0.2) is 0 Å². The van der Waals surface area contributed by atoms with Crippen molar-refractivity contribution in [3.8, 4) is 41.8 Å². The maximum Gasteiger partial charge on any atom is 0.336 e. The Morgan fingerprint density at radius 1 is 0.559 bits per heavy atom. The highest BCUT2D eigenvalue weighted by atomic mass is 32.1. The summed E-state index contributed by atoms with van der Waals surface area (Å²) in [6.07, 6.45) is 17.9. The summed E-state index contributed by atoms with van der Waals surface area (Å²) in [7, 11) is 0. The molecule has 4 heterocycles. The van der Waals surface area contributed by atoms with Gasteiger partial charge in [0.05, 0.1) is 10.4 Å². The molecule has 0 saturated carbocycles. The fourth-order valence-corrected chi connectivity index (χ4v) is 12.2. The van der Waals surface area contributed by atoms with Crippen LogP contribution in [0.3, 0.4) is 0 Å². The Hall–Kier alpha value is -4.41. The van der Waals surface area contributed by atoms with E-state index in [4.69, 9.17) is 0 Å². The molecule has 7 aromatic rings.